The molecule has 0 atom stereocenters. The molecule has 1 aromatic heterocycles. The summed E-state index contributed by atoms with van der Waals surface area (Å²) in [6.45, 7) is 0.105. The highest BCUT2D eigenvalue weighted by atomic mass is 35.5. The number of nitriles is 1. The molecule has 0 amide bonds. The lowest BCUT2D eigenvalue weighted by Crippen LogP contribution is -2.34. The summed E-state index contributed by atoms with van der Waals surface area (Å²) in [5.74, 6) is 0. The number of halogens is 1. The number of nitrogens with zero attached hydrogens (tertiary/aromatic N) is 2. The van der Waals surface area contributed by atoms with Crippen molar-refractivity contribution in [1.29, 1.82) is 5.26 Å². The van der Waals surface area contributed by atoms with Crippen LogP contribution in [0.25, 0.3) is 0 Å². The Bertz CT molecular complexity index is 741. The summed E-state index contributed by atoms with van der Waals surface area (Å²) in [7, 11) is 0. The summed E-state index contributed by atoms with van der Waals surface area (Å²) >= 11 is 5.74. The summed E-state index contributed by atoms with van der Waals surface area (Å²) in [6.07, 6.45) is 1.05. The van der Waals surface area contributed by atoms with Gasteiger partial charge in [-0.15, -0.1) is 4.73 Å². The smallest absolute Gasteiger partial charge is 0.361 e. The van der Waals surface area contributed by atoms with Gasteiger partial charge in [0.15, 0.2) is 0 Å². The van der Waals surface area contributed by atoms with Crippen LogP contribution < -0.4 is 16.1 Å². The normalized spacial score (nSPS) is 9.89. The predicted molar refractivity (Wildman–Crippen MR) is 67.8 cm³/mol. The lowest BCUT2D eigenvalue weighted by atomic mass is 10.2. The molecule has 0 bridgehead atoms. The number of aromatic nitrogens is 2. The summed E-state index contributed by atoms with van der Waals surface area (Å²) < 4.78 is 0.814. The van der Waals surface area contributed by atoms with Crippen molar-refractivity contribution in [2.45, 2.75) is 6.61 Å². The molecule has 2 aromatic rings. The van der Waals surface area contributed by atoms with Gasteiger partial charge in [0.1, 0.15) is 18.2 Å². The van der Waals surface area contributed by atoms with Gasteiger partial charge < -0.3 is 4.84 Å². The highest BCUT2D eigenvalue weighted by Gasteiger charge is 2.04. The highest BCUT2D eigenvalue weighted by Crippen LogP contribution is 2.09. The van der Waals surface area contributed by atoms with Crippen LogP contribution in [0.5, 0.6) is 0 Å². The monoisotopic (exact) mass is 277 g/mol. The van der Waals surface area contributed by atoms with E-state index >= 15 is 0 Å². The minimum atomic E-state index is -0.738. The van der Waals surface area contributed by atoms with E-state index in [1.807, 2.05) is 4.98 Å². The SMILES string of the molecule is N#Cc1cn(OCc2ccc(Cl)cc2)c(=O)[nH]c1=O. The number of nitrogens with one attached hydrogen (secondary N) is 1. The van der Waals surface area contributed by atoms with Crippen LogP contribution >= 0.6 is 11.6 Å². The maximum absolute atomic E-state index is 11.4. The summed E-state index contributed by atoms with van der Waals surface area (Å²) in [6, 6.07) is 8.53. The summed E-state index contributed by atoms with van der Waals surface area (Å²) in [5.41, 5.74) is -0.881. The zero-order valence-corrected chi connectivity index (χ0v) is 10.3. The first-order valence-corrected chi connectivity index (χ1v) is 5.62. The van der Waals surface area contributed by atoms with Gasteiger partial charge in [-0.2, -0.15) is 5.26 Å². The van der Waals surface area contributed by atoms with Crippen molar-refractivity contribution in [2.24, 2.45) is 0 Å². The molecule has 0 radical (unpaired) electrons. The molecule has 0 aliphatic heterocycles. The molecule has 1 aromatic carbocycles. The van der Waals surface area contributed by atoms with Gasteiger partial charge in [0.2, 0.25) is 0 Å². The third-order valence-corrected chi connectivity index (χ3v) is 2.57. The van der Waals surface area contributed by atoms with E-state index in [9.17, 15) is 9.59 Å². The van der Waals surface area contributed by atoms with Crippen LogP contribution in [0.2, 0.25) is 5.02 Å². The van der Waals surface area contributed by atoms with Crippen molar-refractivity contribution in [3.63, 3.8) is 0 Å². The van der Waals surface area contributed by atoms with Crippen LogP contribution in [-0.2, 0) is 6.61 Å². The molecule has 0 aliphatic rings. The fourth-order valence-corrected chi connectivity index (χ4v) is 1.48. The lowest BCUT2D eigenvalue weighted by molar-refractivity contribution is 0.0854. The average molecular weight is 278 g/mol. The second-order valence-corrected chi connectivity index (χ2v) is 4.08. The minimum absolute atomic E-state index is 0.105. The van der Waals surface area contributed by atoms with Crippen LogP contribution in [0.15, 0.2) is 40.1 Å². The quantitative estimate of drug-likeness (QED) is 0.894. The Labute approximate surface area is 112 Å². The molecule has 19 heavy (non-hydrogen) atoms. The maximum atomic E-state index is 11.4. The lowest BCUT2D eigenvalue weighted by Gasteiger charge is -2.07. The number of benzene rings is 1. The second-order valence-electron chi connectivity index (χ2n) is 3.64. The first-order valence-electron chi connectivity index (χ1n) is 5.24. The van der Waals surface area contributed by atoms with E-state index in [2.05, 4.69) is 0 Å². The van der Waals surface area contributed by atoms with E-state index in [0.717, 1.165) is 16.5 Å². The highest BCUT2D eigenvalue weighted by molar-refractivity contribution is 6.30. The molecule has 2 rings (SSSR count). The molecule has 6 nitrogen and oxygen atoms in total. The molecule has 0 fully saturated rings. The van der Waals surface area contributed by atoms with Gasteiger partial charge in [0.25, 0.3) is 5.56 Å². The topological polar surface area (TPSA) is 87.9 Å². The Kier molecular flexibility index (Phi) is 3.68. The van der Waals surface area contributed by atoms with Crippen LogP contribution in [-0.4, -0.2) is 9.71 Å². The van der Waals surface area contributed by atoms with Gasteiger partial charge in [0, 0.05) is 5.02 Å². The first-order chi connectivity index (χ1) is 9.10. The molecule has 0 unspecified atom stereocenters. The third kappa shape index (κ3) is 3.03. The average Bonchev–Trinajstić information content (AvgIpc) is 2.40. The van der Waals surface area contributed by atoms with E-state index in [4.69, 9.17) is 21.7 Å². The standard InChI is InChI=1S/C12H8ClN3O3/c13-10-3-1-8(2-4-10)7-19-16-6-9(5-14)11(17)15-12(16)18/h1-4,6H,7H2,(H,15,17,18). The number of rotatable bonds is 3. The zero-order valence-electron chi connectivity index (χ0n) is 9.59. The Morgan fingerprint density at radius 1 is 1.32 bits per heavy atom. The minimum Gasteiger partial charge on any atom is -0.405 e. The summed E-state index contributed by atoms with van der Waals surface area (Å²) in [5, 5.41) is 9.29. The predicted octanol–water partition coefficient (Wildman–Crippen LogP) is 0.690. The molecular weight excluding hydrogens is 270 g/mol. The van der Waals surface area contributed by atoms with Crippen molar-refractivity contribution >= 4 is 11.6 Å². The van der Waals surface area contributed by atoms with Gasteiger partial charge in [0.05, 0.1) is 6.20 Å². The Hall–Kier alpha value is -2.52. The number of hydrogen-bond acceptors (Lipinski definition) is 4. The van der Waals surface area contributed by atoms with Gasteiger partial charge >= 0.3 is 5.69 Å². The summed E-state index contributed by atoms with van der Waals surface area (Å²) in [4.78, 5) is 29.8. The van der Waals surface area contributed by atoms with Crippen molar-refractivity contribution in [1.82, 2.24) is 9.71 Å². The second kappa shape index (κ2) is 5.42. The Balaban J connectivity index is 2.20. The first kappa shape index (κ1) is 12.9. The van der Waals surface area contributed by atoms with Crippen molar-refractivity contribution in [3.8, 4) is 6.07 Å². The van der Waals surface area contributed by atoms with E-state index in [1.165, 1.54) is 0 Å². The van der Waals surface area contributed by atoms with Crippen LogP contribution in [0.3, 0.4) is 0 Å². The fraction of sp³-hybridized carbons (Fsp3) is 0.0833. The number of aromatic amines is 1. The van der Waals surface area contributed by atoms with E-state index < -0.39 is 11.2 Å². The molecule has 7 heteroatoms. The molecule has 0 spiro atoms. The van der Waals surface area contributed by atoms with E-state index in [1.54, 1.807) is 30.3 Å². The molecule has 1 N–H and O–H groups in total. The van der Waals surface area contributed by atoms with Crippen molar-refractivity contribution in [2.75, 3.05) is 0 Å². The van der Waals surface area contributed by atoms with Crippen LogP contribution in [0.4, 0.5) is 0 Å². The van der Waals surface area contributed by atoms with Crippen LogP contribution in [0.1, 0.15) is 11.1 Å². The molecule has 1 heterocycles. The molecule has 0 saturated heterocycles. The largest absolute Gasteiger partial charge is 0.405 e. The van der Waals surface area contributed by atoms with Gasteiger partial charge in [-0.1, -0.05) is 23.7 Å². The van der Waals surface area contributed by atoms with Crippen LogP contribution in [0, 0.1) is 11.3 Å². The molecule has 0 aliphatic carbocycles. The number of H-pyrrole nitrogens is 1. The maximum Gasteiger partial charge on any atom is 0.361 e. The van der Waals surface area contributed by atoms with Crippen molar-refractivity contribution < 1.29 is 4.84 Å². The third-order valence-electron chi connectivity index (χ3n) is 2.32. The van der Waals surface area contributed by atoms with E-state index in [0.29, 0.717) is 5.02 Å². The van der Waals surface area contributed by atoms with E-state index in [-0.39, 0.29) is 12.2 Å². The zero-order chi connectivity index (χ0) is 13.8. The van der Waals surface area contributed by atoms with Gasteiger partial charge in [-0.25, -0.2) is 4.79 Å². The molecule has 0 saturated carbocycles. The number of hydrogen-bond donors (Lipinski definition) is 1. The Morgan fingerprint density at radius 3 is 2.63 bits per heavy atom. The Morgan fingerprint density at radius 2 is 2.00 bits per heavy atom. The fourth-order valence-electron chi connectivity index (χ4n) is 1.35. The van der Waals surface area contributed by atoms with Gasteiger partial charge in [-0.05, 0) is 17.7 Å². The molecule has 96 valence electrons. The van der Waals surface area contributed by atoms with Crippen molar-refractivity contribution in [3.05, 3.63) is 67.4 Å². The molecular formula is C12H8ClN3O3. The van der Waals surface area contributed by atoms with Gasteiger partial charge in [-0.3, -0.25) is 9.78 Å².